The average molecular weight is 139 g/mol. The van der Waals surface area contributed by atoms with Crippen LogP contribution in [0.3, 0.4) is 0 Å². The molecule has 3 nitrogen and oxygen atoms in total. The van der Waals surface area contributed by atoms with Gasteiger partial charge in [-0.15, -0.1) is 0 Å². The molecule has 0 aromatic carbocycles. The molecule has 56 valence electrons. The molecule has 0 saturated heterocycles. The molecule has 1 aromatic heterocycles. The molecule has 2 N–H and O–H groups in total. The molecule has 2 heterocycles. The lowest BCUT2D eigenvalue weighted by molar-refractivity contribution is 1.20. The lowest BCUT2D eigenvalue weighted by Gasteiger charge is -1.96. The summed E-state index contributed by atoms with van der Waals surface area (Å²) in [6, 6.07) is 4.04. The number of anilines is 2. The Morgan fingerprint density at radius 3 is 3.30 bits per heavy atom. The average Bonchev–Trinajstić information content (AvgIpc) is 2.33. The number of aryl methyl sites for hydroxylation is 1. The molecule has 0 saturated carbocycles. The fourth-order valence-electron chi connectivity index (χ4n) is 1.06. The van der Waals surface area contributed by atoms with Crippen LogP contribution in [-0.4, -0.2) is 11.7 Å². The number of fused-ring (bicyclic) bond motifs is 1. The summed E-state index contributed by atoms with van der Waals surface area (Å²) in [7, 11) is 0. The number of aromatic nitrogens is 1. The molecule has 3 heteroatoms. The Balaban J connectivity index is 0.000000605. The van der Waals surface area contributed by atoms with E-state index in [1.54, 1.807) is 0 Å². The number of rotatable bonds is 0. The van der Waals surface area contributed by atoms with E-state index in [-0.39, 0.29) is 2.85 Å². The van der Waals surface area contributed by atoms with Crippen LogP contribution in [0.4, 0.5) is 11.5 Å². The second-order valence-electron chi connectivity index (χ2n) is 2.38. The Bertz CT molecular complexity index is 265. The van der Waals surface area contributed by atoms with Crippen LogP contribution >= 0.6 is 0 Å². The summed E-state index contributed by atoms with van der Waals surface area (Å²) in [5.41, 5.74) is 2.15. The molecule has 0 amide bonds. The van der Waals surface area contributed by atoms with Gasteiger partial charge in [0.15, 0.2) is 5.82 Å². The van der Waals surface area contributed by atoms with Crippen LogP contribution in [0.25, 0.3) is 0 Å². The quantitative estimate of drug-likeness (QED) is 0.574. The summed E-state index contributed by atoms with van der Waals surface area (Å²) in [5, 5.41) is 6.27. The van der Waals surface area contributed by atoms with Gasteiger partial charge in [-0.3, -0.25) is 0 Å². The largest absolute Gasteiger partial charge is 0.365 e. The van der Waals surface area contributed by atoms with Gasteiger partial charge in [-0.05, 0) is 19.1 Å². The molecule has 0 spiro atoms. The molecular formula is C7H13N3. The van der Waals surface area contributed by atoms with Crippen molar-refractivity contribution in [3.63, 3.8) is 0 Å². The maximum absolute atomic E-state index is 4.28. The van der Waals surface area contributed by atoms with Crippen LogP contribution in [0.2, 0.25) is 0 Å². The second kappa shape index (κ2) is 1.87. The van der Waals surface area contributed by atoms with E-state index in [2.05, 4.69) is 15.6 Å². The minimum absolute atomic E-state index is 0. The molecule has 0 fully saturated rings. The van der Waals surface area contributed by atoms with Gasteiger partial charge in [0.2, 0.25) is 0 Å². The van der Waals surface area contributed by atoms with E-state index in [9.17, 15) is 0 Å². The van der Waals surface area contributed by atoms with Gasteiger partial charge >= 0.3 is 0 Å². The number of pyridine rings is 1. The maximum atomic E-state index is 4.28. The highest BCUT2D eigenvalue weighted by atomic mass is 15.2. The summed E-state index contributed by atoms with van der Waals surface area (Å²) < 4.78 is 0. The molecular weight excluding hydrogens is 126 g/mol. The third kappa shape index (κ3) is 0.708. The highest BCUT2D eigenvalue weighted by Gasteiger charge is 2.08. The Kier molecular flexibility index (Phi) is 1.03. The smallest absolute Gasteiger partial charge is 0.151 e. The first-order valence-corrected chi connectivity index (χ1v) is 3.32. The highest BCUT2D eigenvalue weighted by Crippen LogP contribution is 2.22. The van der Waals surface area contributed by atoms with Crippen molar-refractivity contribution in [1.82, 2.24) is 4.98 Å². The van der Waals surface area contributed by atoms with E-state index >= 15 is 0 Å². The van der Waals surface area contributed by atoms with Crippen molar-refractivity contribution >= 4 is 11.5 Å². The van der Waals surface area contributed by atoms with Crippen molar-refractivity contribution in [2.45, 2.75) is 6.92 Å². The number of nitrogens with one attached hydrogen (secondary N) is 2. The van der Waals surface area contributed by atoms with Crippen molar-refractivity contribution in [2.24, 2.45) is 0 Å². The fourth-order valence-corrected chi connectivity index (χ4v) is 1.06. The van der Waals surface area contributed by atoms with E-state index in [1.807, 2.05) is 19.1 Å². The van der Waals surface area contributed by atoms with Crippen LogP contribution in [0.15, 0.2) is 12.1 Å². The summed E-state index contributed by atoms with van der Waals surface area (Å²) in [5.74, 6) is 0.972. The summed E-state index contributed by atoms with van der Waals surface area (Å²) in [6.07, 6.45) is 0. The summed E-state index contributed by atoms with van der Waals surface area (Å²) in [6.45, 7) is 2.78. The van der Waals surface area contributed by atoms with Crippen LogP contribution in [0, 0.1) is 6.92 Å². The van der Waals surface area contributed by atoms with Crippen molar-refractivity contribution in [2.75, 3.05) is 17.3 Å². The van der Waals surface area contributed by atoms with E-state index in [0.717, 1.165) is 23.9 Å². The van der Waals surface area contributed by atoms with Gasteiger partial charge < -0.3 is 10.6 Å². The predicted octanol–water partition coefficient (Wildman–Crippen LogP) is 1.68. The molecule has 0 radical (unpaired) electrons. The first kappa shape index (κ1) is 5.53. The Morgan fingerprint density at radius 2 is 2.40 bits per heavy atom. The van der Waals surface area contributed by atoms with Gasteiger partial charge in [-0.25, -0.2) is 4.98 Å². The van der Waals surface area contributed by atoms with Gasteiger partial charge in [0.25, 0.3) is 0 Å². The molecule has 2 rings (SSSR count). The molecule has 0 bridgehead atoms. The van der Waals surface area contributed by atoms with Gasteiger partial charge in [0, 0.05) is 8.55 Å². The highest BCUT2D eigenvalue weighted by molar-refractivity contribution is 5.68. The number of nitrogens with zero attached hydrogens (tertiary/aromatic N) is 1. The van der Waals surface area contributed by atoms with E-state index < -0.39 is 0 Å². The van der Waals surface area contributed by atoms with E-state index in [4.69, 9.17) is 0 Å². The fraction of sp³-hybridized carbons (Fsp3) is 0.286. The van der Waals surface area contributed by atoms with Crippen molar-refractivity contribution in [3.05, 3.63) is 17.8 Å². The van der Waals surface area contributed by atoms with Crippen LogP contribution in [0.1, 0.15) is 8.55 Å². The normalized spacial score (nSPS) is 13.7. The summed E-state index contributed by atoms with van der Waals surface area (Å²) in [4.78, 5) is 4.28. The maximum Gasteiger partial charge on any atom is 0.151 e. The zero-order valence-electron chi connectivity index (χ0n) is 5.81. The predicted molar refractivity (Wildman–Crippen MR) is 45.3 cm³/mol. The van der Waals surface area contributed by atoms with Crippen LogP contribution in [0.5, 0.6) is 0 Å². The van der Waals surface area contributed by atoms with Crippen molar-refractivity contribution in [3.8, 4) is 0 Å². The van der Waals surface area contributed by atoms with Gasteiger partial charge in [-0.2, -0.15) is 0 Å². The topological polar surface area (TPSA) is 37.0 Å². The molecule has 1 aliphatic heterocycles. The lowest BCUT2D eigenvalue weighted by atomic mass is 10.3. The molecule has 1 aromatic rings. The van der Waals surface area contributed by atoms with Crippen molar-refractivity contribution < 1.29 is 2.85 Å². The van der Waals surface area contributed by atoms with E-state index in [0.29, 0.717) is 0 Å². The molecule has 0 aliphatic carbocycles. The van der Waals surface area contributed by atoms with Gasteiger partial charge in [0.05, 0.1) is 12.4 Å². The number of hydrogen-bond donors (Lipinski definition) is 2. The minimum atomic E-state index is 0. The third-order valence-corrected chi connectivity index (χ3v) is 1.57. The molecule has 1 aliphatic rings. The SMILES string of the molecule is Cc1ccc2c(n1)NCN2.[HH].[HH]. The summed E-state index contributed by atoms with van der Waals surface area (Å²) >= 11 is 0. The molecule has 0 unspecified atom stereocenters. The molecule has 0 atom stereocenters. The van der Waals surface area contributed by atoms with Crippen molar-refractivity contribution in [1.29, 1.82) is 0 Å². The van der Waals surface area contributed by atoms with Crippen LogP contribution < -0.4 is 10.6 Å². The molecule has 10 heavy (non-hydrogen) atoms. The van der Waals surface area contributed by atoms with Gasteiger partial charge in [0.1, 0.15) is 0 Å². The number of hydrogen-bond acceptors (Lipinski definition) is 3. The monoisotopic (exact) mass is 139 g/mol. The minimum Gasteiger partial charge on any atom is -0.365 e. The first-order valence-electron chi connectivity index (χ1n) is 3.32. The standard InChI is InChI=1S/C7H9N3.2H2/c1-5-2-3-6-7(10-5)9-4-8-6;;/h2-3,8H,4H2,1H3,(H,9,10);2*1H. The Hall–Kier alpha value is -1.25. The third-order valence-electron chi connectivity index (χ3n) is 1.57. The van der Waals surface area contributed by atoms with E-state index in [1.165, 1.54) is 0 Å². The van der Waals surface area contributed by atoms with Gasteiger partial charge in [-0.1, -0.05) is 0 Å². The second-order valence-corrected chi connectivity index (χ2v) is 2.38. The lowest BCUT2D eigenvalue weighted by Crippen LogP contribution is -1.99. The first-order chi connectivity index (χ1) is 4.86. The Morgan fingerprint density at radius 1 is 1.50 bits per heavy atom. The zero-order chi connectivity index (χ0) is 6.97. The zero-order valence-corrected chi connectivity index (χ0v) is 5.81. The van der Waals surface area contributed by atoms with Crippen LogP contribution in [-0.2, 0) is 0 Å². The Labute approximate surface area is 62.4 Å².